The van der Waals surface area contributed by atoms with Gasteiger partial charge in [0, 0.05) is 17.8 Å². The van der Waals surface area contributed by atoms with Crippen molar-refractivity contribution in [2.24, 2.45) is 17.8 Å². The van der Waals surface area contributed by atoms with Crippen molar-refractivity contribution in [2.45, 2.75) is 43.7 Å². The molecule has 4 N–H and O–H groups in total. The highest BCUT2D eigenvalue weighted by atomic mass is 16.3. The lowest BCUT2D eigenvalue weighted by molar-refractivity contribution is -0.148. The zero-order valence-corrected chi connectivity index (χ0v) is 13.4. The number of nitrogen functional groups attached to an aromatic ring is 1. The third kappa shape index (κ3) is 1.55. The molecule has 7 rings (SSSR count). The summed E-state index contributed by atoms with van der Waals surface area (Å²) in [6.07, 6.45) is 8.94. The van der Waals surface area contributed by atoms with E-state index in [2.05, 4.69) is 19.7 Å². The van der Waals surface area contributed by atoms with Crippen molar-refractivity contribution < 1.29 is 5.11 Å². The standard InChI is InChI=1S/C18H21N5O/c19-16-13-8-21-17-12(1-2-20-17)15(13)23(22-16)14-10-3-9-4-11(14)7-18(24,5-9)6-10/h1-2,8-11,14,22,24H,3-7,19H2. The van der Waals surface area contributed by atoms with Crippen LogP contribution in [0.3, 0.4) is 0 Å². The van der Waals surface area contributed by atoms with E-state index < -0.39 is 5.60 Å². The number of hydrogen-bond donors (Lipinski definition) is 3. The highest BCUT2D eigenvalue weighted by Crippen LogP contribution is 2.60. The molecule has 4 aliphatic carbocycles. The Bertz CT molecular complexity index is 957. The summed E-state index contributed by atoms with van der Waals surface area (Å²) < 4.78 is 2.28. The van der Waals surface area contributed by atoms with E-state index in [0.29, 0.717) is 29.6 Å². The Morgan fingerprint density at radius 1 is 1.17 bits per heavy atom. The lowest BCUT2D eigenvalue weighted by atomic mass is 9.52. The van der Waals surface area contributed by atoms with Gasteiger partial charge >= 0.3 is 0 Å². The van der Waals surface area contributed by atoms with Crippen molar-refractivity contribution in [1.29, 1.82) is 0 Å². The normalized spacial score (nSPS) is 37.7. The van der Waals surface area contributed by atoms with Crippen LogP contribution >= 0.6 is 0 Å². The molecule has 2 unspecified atom stereocenters. The van der Waals surface area contributed by atoms with Gasteiger partial charge in [-0.1, -0.05) is 0 Å². The monoisotopic (exact) mass is 323 g/mol. The summed E-state index contributed by atoms with van der Waals surface area (Å²) in [5.41, 5.74) is 7.75. The van der Waals surface area contributed by atoms with Gasteiger partial charge in [0.2, 0.25) is 0 Å². The van der Waals surface area contributed by atoms with Crippen molar-refractivity contribution in [2.75, 3.05) is 5.73 Å². The van der Waals surface area contributed by atoms with E-state index in [1.807, 2.05) is 18.5 Å². The number of fused-ring (bicyclic) bond motifs is 3. The molecule has 4 fully saturated rings. The van der Waals surface area contributed by atoms with Crippen molar-refractivity contribution in [3.63, 3.8) is 0 Å². The molecule has 3 aromatic heterocycles. The van der Waals surface area contributed by atoms with Crippen LogP contribution in [0.25, 0.3) is 21.9 Å². The number of nitrogens with zero attached hydrogens (tertiary/aromatic N) is 3. The summed E-state index contributed by atoms with van der Waals surface area (Å²) in [5, 5.41) is 16.3. The summed E-state index contributed by atoms with van der Waals surface area (Å²) in [5.74, 6) is 2.43. The van der Waals surface area contributed by atoms with Crippen LogP contribution in [0.4, 0.5) is 5.82 Å². The average Bonchev–Trinajstić information content (AvgIpc) is 3.10. The predicted molar refractivity (Wildman–Crippen MR) is 91.3 cm³/mol. The van der Waals surface area contributed by atoms with Gasteiger partial charge in [0.15, 0.2) is 5.65 Å². The number of nitrogens with one attached hydrogen (secondary N) is 1. The molecule has 3 heterocycles. The van der Waals surface area contributed by atoms with E-state index in [4.69, 9.17) is 5.73 Å². The lowest BCUT2D eigenvalue weighted by Gasteiger charge is -2.58. The first-order chi connectivity index (χ1) is 11.6. The minimum atomic E-state index is -0.416. The largest absolute Gasteiger partial charge is 0.390 e. The van der Waals surface area contributed by atoms with Gasteiger partial charge in [-0.3, -0.25) is 9.78 Å². The maximum atomic E-state index is 10.9. The predicted octanol–water partition coefficient (Wildman–Crippen LogP) is 2.61. The third-order valence-electron chi connectivity index (χ3n) is 6.77. The highest BCUT2D eigenvalue weighted by molar-refractivity contribution is 6.06. The van der Waals surface area contributed by atoms with E-state index in [1.54, 1.807) is 0 Å². The molecule has 0 saturated heterocycles. The van der Waals surface area contributed by atoms with Gasteiger partial charge in [-0.05, 0) is 55.9 Å². The first-order valence-corrected chi connectivity index (χ1v) is 8.93. The van der Waals surface area contributed by atoms with Gasteiger partial charge in [-0.15, -0.1) is 0 Å². The van der Waals surface area contributed by atoms with Crippen LogP contribution in [0.2, 0.25) is 0 Å². The fourth-order valence-corrected chi connectivity index (χ4v) is 6.25. The SMILES string of the molecule is Nc1[nH]n(C2C3CC4CC2CC(O)(C4)C3)c2c1cnc1nccc12. The molecule has 2 atom stereocenters. The fraction of sp³-hybridized carbons (Fsp3) is 0.556. The number of aromatic amines is 1. The van der Waals surface area contributed by atoms with Crippen molar-refractivity contribution in [3.05, 3.63) is 18.5 Å². The molecule has 0 aliphatic heterocycles. The molecule has 4 saturated carbocycles. The fourth-order valence-electron chi connectivity index (χ4n) is 6.25. The first kappa shape index (κ1) is 13.2. The number of nitrogens with two attached hydrogens (primary N) is 1. The van der Waals surface area contributed by atoms with Gasteiger partial charge < -0.3 is 10.8 Å². The number of anilines is 1. The number of pyridine rings is 1. The second-order valence-corrected chi connectivity index (χ2v) is 8.28. The third-order valence-corrected chi connectivity index (χ3v) is 6.77. The molecule has 0 aromatic carbocycles. The summed E-state index contributed by atoms with van der Waals surface area (Å²) in [6, 6.07) is 2.42. The molecule has 0 radical (unpaired) electrons. The van der Waals surface area contributed by atoms with E-state index in [9.17, 15) is 5.11 Å². The van der Waals surface area contributed by atoms with Gasteiger partial charge in [0.1, 0.15) is 5.82 Å². The molecular weight excluding hydrogens is 302 g/mol. The van der Waals surface area contributed by atoms with Crippen LogP contribution in [0.5, 0.6) is 0 Å². The molecule has 0 spiro atoms. The maximum Gasteiger partial charge on any atom is 0.161 e. The number of aliphatic hydroxyl groups is 1. The second-order valence-electron chi connectivity index (χ2n) is 8.28. The Balaban J connectivity index is 1.59. The Kier molecular flexibility index (Phi) is 2.27. The van der Waals surface area contributed by atoms with Gasteiger partial charge in [0.05, 0.1) is 22.5 Å². The minimum absolute atomic E-state index is 0.391. The highest BCUT2D eigenvalue weighted by Gasteiger charge is 2.55. The van der Waals surface area contributed by atoms with Crippen LogP contribution in [-0.2, 0) is 0 Å². The van der Waals surface area contributed by atoms with E-state index >= 15 is 0 Å². The summed E-state index contributed by atoms with van der Waals surface area (Å²) in [6.45, 7) is 0. The molecule has 6 nitrogen and oxygen atoms in total. The zero-order chi connectivity index (χ0) is 16.1. The molecule has 4 bridgehead atoms. The molecule has 3 aromatic rings. The second kappa shape index (κ2) is 4.11. The van der Waals surface area contributed by atoms with Crippen molar-refractivity contribution in [3.8, 4) is 0 Å². The topological polar surface area (TPSA) is 92.8 Å². The molecular formula is C18H21N5O. The van der Waals surface area contributed by atoms with E-state index in [1.165, 1.54) is 12.8 Å². The Morgan fingerprint density at radius 2 is 1.96 bits per heavy atom. The van der Waals surface area contributed by atoms with Gasteiger partial charge in [-0.2, -0.15) is 0 Å². The molecule has 6 heteroatoms. The number of H-pyrrole nitrogens is 1. The van der Waals surface area contributed by atoms with Crippen LogP contribution in [0.1, 0.15) is 38.1 Å². The molecule has 0 amide bonds. The molecule has 24 heavy (non-hydrogen) atoms. The lowest BCUT2D eigenvalue weighted by Crippen LogP contribution is -2.55. The van der Waals surface area contributed by atoms with Gasteiger partial charge in [0.25, 0.3) is 0 Å². The number of rotatable bonds is 1. The summed E-state index contributed by atoms with van der Waals surface area (Å²) in [4.78, 5) is 8.77. The average molecular weight is 323 g/mol. The molecule has 124 valence electrons. The van der Waals surface area contributed by atoms with Crippen LogP contribution < -0.4 is 5.73 Å². The number of aromatic nitrogens is 4. The summed E-state index contributed by atoms with van der Waals surface area (Å²) >= 11 is 0. The van der Waals surface area contributed by atoms with E-state index in [-0.39, 0.29) is 0 Å². The zero-order valence-electron chi connectivity index (χ0n) is 13.4. The van der Waals surface area contributed by atoms with Crippen molar-refractivity contribution >= 4 is 27.8 Å². The van der Waals surface area contributed by atoms with Gasteiger partial charge in [-0.25, -0.2) is 9.97 Å². The Hall–Kier alpha value is -2.08. The first-order valence-electron chi connectivity index (χ1n) is 8.93. The van der Waals surface area contributed by atoms with Crippen LogP contribution in [-0.4, -0.2) is 30.5 Å². The minimum Gasteiger partial charge on any atom is -0.390 e. The smallest absolute Gasteiger partial charge is 0.161 e. The van der Waals surface area contributed by atoms with Crippen LogP contribution in [0, 0.1) is 17.8 Å². The molecule has 4 aliphatic rings. The Labute approximate surface area is 139 Å². The van der Waals surface area contributed by atoms with E-state index in [0.717, 1.165) is 41.2 Å². The van der Waals surface area contributed by atoms with Crippen LogP contribution in [0.15, 0.2) is 18.5 Å². The maximum absolute atomic E-state index is 10.9. The Morgan fingerprint density at radius 3 is 2.71 bits per heavy atom. The van der Waals surface area contributed by atoms with Crippen molar-refractivity contribution in [1.82, 2.24) is 19.7 Å². The number of hydrogen-bond acceptors (Lipinski definition) is 4. The quantitative estimate of drug-likeness (QED) is 0.642. The summed E-state index contributed by atoms with van der Waals surface area (Å²) in [7, 11) is 0.